The molecule has 2 N–H and O–H groups in total. The molecule has 8 heteroatoms. The predicted molar refractivity (Wildman–Crippen MR) is 111 cm³/mol. The number of benzene rings is 2. The number of Topliss-reactive ketones (excluding diaryl/α,β-unsaturated/α-hetero) is 1. The van der Waals surface area contributed by atoms with E-state index in [0.717, 1.165) is 12.1 Å². The van der Waals surface area contributed by atoms with Crippen LogP contribution in [-0.4, -0.2) is 22.7 Å². The first-order valence-corrected chi connectivity index (χ1v) is 9.35. The van der Waals surface area contributed by atoms with Crippen molar-refractivity contribution in [3.05, 3.63) is 89.6 Å². The van der Waals surface area contributed by atoms with Crippen LogP contribution in [-0.2, 0) is 14.4 Å². The maximum atomic E-state index is 13.3. The highest BCUT2D eigenvalue weighted by Gasteiger charge is 2.48. The molecule has 0 radical (unpaired) electrons. The quantitative estimate of drug-likeness (QED) is 0.378. The third-order valence-corrected chi connectivity index (χ3v) is 4.82. The number of anilines is 2. The summed E-state index contributed by atoms with van der Waals surface area (Å²) >= 11 is 0. The van der Waals surface area contributed by atoms with Crippen LogP contribution in [0.25, 0.3) is 5.76 Å². The molecule has 0 bridgehead atoms. The minimum absolute atomic E-state index is 0.183. The summed E-state index contributed by atoms with van der Waals surface area (Å²) in [4.78, 5) is 38.5. The monoisotopic (exact) mass is 420 g/mol. The fourth-order valence-electron chi connectivity index (χ4n) is 3.51. The molecule has 2 heterocycles. The van der Waals surface area contributed by atoms with E-state index in [1.165, 1.54) is 30.2 Å². The fraction of sp³-hybridized carbons (Fsp3) is 0.0870. The summed E-state index contributed by atoms with van der Waals surface area (Å²) in [6, 6.07) is 13.5. The number of ketones is 1. The first-order chi connectivity index (χ1) is 14.9. The van der Waals surface area contributed by atoms with E-state index < -0.39 is 29.3 Å². The van der Waals surface area contributed by atoms with Gasteiger partial charge in [0.15, 0.2) is 0 Å². The van der Waals surface area contributed by atoms with Crippen molar-refractivity contribution in [1.29, 1.82) is 0 Å². The van der Waals surface area contributed by atoms with Gasteiger partial charge in [0.2, 0.25) is 5.91 Å². The van der Waals surface area contributed by atoms with Crippen LogP contribution in [0.2, 0.25) is 0 Å². The van der Waals surface area contributed by atoms with Crippen molar-refractivity contribution in [2.45, 2.75) is 13.0 Å². The molecule has 31 heavy (non-hydrogen) atoms. The molecule has 1 unspecified atom stereocenters. The van der Waals surface area contributed by atoms with Crippen LogP contribution in [0.4, 0.5) is 15.8 Å². The molecule has 4 rings (SSSR count). The maximum Gasteiger partial charge on any atom is 0.300 e. The number of rotatable bonds is 4. The van der Waals surface area contributed by atoms with Gasteiger partial charge in [0.05, 0.1) is 11.8 Å². The Morgan fingerprint density at radius 3 is 2.48 bits per heavy atom. The number of carbonyl (C=O) groups is 3. The van der Waals surface area contributed by atoms with Gasteiger partial charge in [-0.2, -0.15) is 0 Å². The lowest BCUT2D eigenvalue weighted by molar-refractivity contribution is -0.132. The SMILES string of the molecule is CC(=O)Nc1cccc(N2C(=O)C(=O)/C(=C(\O)c3ccc(F)cc3)C2c2ccco2)c1. The Bertz CT molecular complexity index is 1200. The first kappa shape index (κ1) is 20.1. The number of carbonyl (C=O) groups excluding carboxylic acids is 3. The van der Waals surface area contributed by atoms with Crippen molar-refractivity contribution in [1.82, 2.24) is 0 Å². The minimum atomic E-state index is -1.05. The fourth-order valence-corrected chi connectivity index (χ4v) is 3.51. The lowest BCUT2D eigenvalue weighted by Gasteiger charge is -2.23. The van der Waals surface area contributed by atoms with Crippen molar-refractivity contribution < 1.29 is 28.3 Å². The molecule has 1 fully saturated rings. The summed E-state index contributed by atoms with van der Waals surface area (Å²) < 4.78 is 18.8. The van der Waals surface area contributed by atoms with Crippen LogP contribution in [0.3, 0.4) is 0 Å². The second-order valence-electron chi connectivity index (χ2n) is 6.92. The van der Waals surface area contributed by atoms with Gasteiger partial charge in [-0.25, -0.2) is 4.39 Å². The number of hydrogen-bond acceptors (Lipinski definition) is 5. The summed E-state index contributed by atoms with van der Waals surface area (Å²) in [5, 5.41) is 13.5. The van der Waals surface area contributed by atoms with Crippen LogP contribution in [0, 0.1) is 5.82 Å². The Labute approximate surface area is 176 Å². The average molecular weight is 420 g/mol. The number of nitrogens with zero attached hydrogens (tertiary/aromatic N) is 1. The van der Waals surface area contributed by atoms with Gasteiger partial charge in [0.25, 0.3) is 11.7 Å². The van der Waals surface area contributed by atoms with Crippen molar-refractivity contribution in [3.63, 3.8) is 0 Å². The molecule has 0 aliphatic carbocycles. The zero-order valence-corrected chi connectivity index (χ0v) is 16.3. The normalized spacial score (nSPS) is 17.7. The molecule has 1 atom stereocenters. The highest BCUT2D eigenvalue weighted by Crippen LogP contribution is 2.42. The third kappa shape index (κ3) is 3.71. The number of aliphatic hydroxyl groups excluding tert-OH is 1. The van der Waals surface area contributed by atoms with Crippen LogP contribution >= 0.6 is 0 Å². The molecular weight excluding hydrogens is 403 g/mol. The average Bonchev–Trinajstić information content (AvgIpc) is 3.35. The summed E-state index contributed by atoms with van der Waals surface area (Å²) in [6.45, 7) is 1.35. The topological polar surface area (TPSA) is 99.9 Å². The third-order valence-electron chi connectivity index (χ3n) is 4.82. The number of furan rings is 1. The molecule has 1 aromatic heterocycles. The van der Waals surface area contributed by atoms with Gasteiger partial charge in [-0.15, -0.1) is 0 Å². The number of hydrogen-bond donors (Lipinski definition) is 2. The van der Waals surface area contributed by atoms with E-state index in [-0.39, 0.29) is 22.8 Å². The highest BCUT2D eigenvalue weighted by atomic mass is 19.1. The summed E-state index contributed by atoms with van der Waals surface area (Å²) in [6.07, 6.45) is 1.39. The molecule has 1 aliphatic heterocycles. The molecule has 3 aromatic rings. The van der Waals surface area contributed by atoms with Crippen LogP contribution in [0.15, 0.2) is 76.9 Å². The number of halogens is 1. The minimum Gasteiger partial charge on any atom is -0.507 e. The highest BCUT2D eigenvalue weighted by molar-refractivity contribution is 6.51. The summed E-state index contributed by atoms with van der Waals surface area (Å²) in [5.74, 6) is -2.77. The van der Waals surface area contributed by atoms with E-state index in [2.05, 4.69) is 5.32 Å². The zero-order chi connectivity index (χ0) is 22.1. The second-order valence-corrected chi connectivity index (χ2v) is 6.92. The van der Waals surface area contributed by atoms with Gasteiger partial charge in [0, 0.05) is 23.9 Å². The Morgan fingerprint density at radius 2 is 1.84 bits per heavy atom. The molecule has 1 saturated heterocycles. The Balaban J connectivity index is 1.88. The molecule has 2 aromatic carbocycles. The Hall–Kier alpha value is -4.20. The largest absolute Gasteiger partial charge is 0.507 e. The van der Waals surface area contributed by atoms with E-state index in [9.17, 15) is 23.9 Å². The smallest absolute Gasteiger partial charge is 0.300 e. The van der Waals surface area contributed by atoms with Crippen molar-refractivity contribution in [2.75, 3.05) is 10.2 Å². The van der Waals surface area contributed by atoms with Gasteiger partial charge in [0.1, 0.15) is 23.4 Å². The molecule has 0 spiro atoms. The van der Waals surface area contributed by atoms with Crippen molar-refractivity contribution in [2.24, 2.45) is 0 Å². The van der Waals surface area contributed by atoms with E-state index in [4.69, 9.17) is 4.42 Å². The first-order valence-electron chi connectivity index (χ1n) is 9.35. The number of aliphatic hydroxyl groups is 1. The van der Waals surface area contributed by atoms with Crippen LogP contribution in [0.1, 0.15) is 24.3 Å². The molecule has 1 aliphatic rings. The van der Waals surface area contributed by atoms with Crippen LogP contribution < -0.4 is 10.2 Å². The van der Waals surface area contributed by atoms with Crippen molar-refractivity contribution in [3.8, 4) is 0 Å². The Kier molecular flexibility index (Phi) is 5.12. The van der Waals surface area contributed by atoms with Gasteiger partial charge in [-0.3, -0.25) is 19.3 Å². The zero-order valence-electron chi connectivity index (χ0n) is 16.3. The van der Waals surface area contributed by atoms with E-state index in [1.54, 1.807) is 36.4 Å². The molecule has 0 saturated carbocycles. The van der Waals surface area contributed by atoms with Gasteiger partial charge in [-0.05, 0) is 54.6 Å². The van der Waals surface area contributed by atoms with E-state index >= 15 is 0 Å². The molecule has 7 nitrogen and oxygen atoms in total. The molecular formula is C23H17FN2O5. The second kappa shape index (κ2) is 7.91. The molecule has 156 valence electrons. The van der Waals surface area contributed by atoms with Crippen molar-refractivity contribution >= 4 is 34.7 Å². The van der Waals surface area contributed by atoms with E-state index in [1.807, 2.05) is 0 Å². The predicted octanol–water partition coefficient (Wildman–Crippen LogP) is 4.00. The van der Waals surface area contributed by atoms with Gasteiger partial charge >= 0.3 is 0 Å². The van der Waals surface area contributed by atoms with Crippen LogP contribution in [0.5, 0.6) is 0 Å². The van der Waals surface area contributed by atoms with Gasteiger partial charge in [-0.1, -0.05) is 6.07 Å². The van der Waals surface area contributed by atoms with E-state index in [0.29, 0.717) is 11.4 Å². The number of nitrogens with one attached hydrogen (secondary N) is 1. The lowest BCUT2D eigenvalue weighted by atomic mass is 9.99. The summed E-state index contributed by atoms with van der Waals surface area (Å²) in [5.41, 5.74) is 0.760. The lowest BCUT2D eigenvalue weighted by Crippen LogP contribution is -2.29. The molecule has 2 amide bonds. The number of amides is 2. The standard InChI is InChI=1S/C23H17FN2O5/c1-13(27)25-16-4-2-5-17(12-16)26-20(18-6-3-11-31-18)19(22(29)23(26)30)21(28)14-7-9-15(24)10-8-14/h2-12,20,28H,1H3,(H,25,27)/b21-19-. The summed E-state index contributed by atoms with van der Waals surface area (Å²) in [7, 11) is 0. The van der Waals surface area contributed by atoms with Gasteiger partial charge < -0.3 is 14.8 Å². The Morgan fingerprint density at radius 1 is 1.10 bits per heavy atom. The maximum absolute atomic E-state index is 13.3.